The number of carboxylic acids is 1. The molecule has 1 aromatic rings. The van der Waals surface area contributed by atoms with Gasteiger partial charge in [0.1, 0.15) is 11.5 Å². The van der Waals surface area contributed by atoms with Gasteiger partial charge in [0.25, 0.3) is 0 Å². The van der Waals surface area contributed by atoms with Crippen molar-refractivity contribution in [1.82, 2.24) is 0 Å². The maximum Gasteiger partial charge on any atom is 0.492 e. The smallest absolute Gasteiger partial charge is 0.478 e. The third-order valence-corrected chi connectivity index (χ3v) is 11.7. The first-order valence-corrected chi connectivity index (χ1v) is 14.4. The van der Waals surface area contributed by atoms with Crippen LogP contribution in [0, 0.1) is 39.9 Å². The van der Waals surface area contributed by atoms with Crippen LogP contribution in [-0.4, -0.2) is 46.3 Å². The molecule has 4 aliphatic rings. The number of ketones is 1. The Morgan fingerprint density at radius 3 is 2.56 bits per heavy atom. The predicted molar refractivity (Wildman–Crippen MR) is 148 cm³/mol. The number of carbonyl (C=O) groups excluding carboxylic acids is 1. The van der Waals surface area contributed by atoms with E-state index in [1.165, 1.54) is 0 Å². The number of Topliss-reactive ketones (excluding diaryl/α,β-unsaturated/α-hetero) is 1. The molecule has 2 bridgehead atoms. The molecule has 0 saturated heterocycles. The molecule has 212 valence electrons. The van der Waals surface area contributed by atoms with E-state index in [-0.39, 0.29) is 29.0 Å². The van der Waals surface area contributed by atoms with Crippen LogP contribution in [0.2, 0.25) is 0 Å². The fraction of sp³-hybridized carbons (Fsp3) is 0.677. The Balaban J connectivity index is 1.64. The summed E-state index contributed by atoms with van der Waals surface area (Å²) in [5.41, 5.74) is -1.10. The number of hydrogen-bond acceptors (Lipinski definition) is 6. The number of hydrogen-bond donors (Lipinski definition) is 3. The normalized spacial score (nSPS) is 41.7. The Hall–Kier alpha value is -2.16. The molecule has 3 fully saturated rings. The molecule has 7 nitrogen and oxygen atoms in total. The highest BCUT2D eigenvalue weighted by atomic mass is 16.5. The first kappa shape index (κ1) is 28.4. The Labute approximate surface area is 232 Å². The van der Waals surface area contributed by atoms with E-state index < -0.39 is 47.6 Å². The number of benzene rings is 1. The summed E-state index contributed by atoms with van der Waals surface area (Å²) in [4.78, 5) is 26.8. The van der Waals surface area contributed by atoms with Crippen molar-refractivity contribution in [2.24, 2.45) is 39.9 Å². The van der Waals surface area contributed by atoms with Crippen molar-refractivity contribution >= 4 is 24.3 Å². The maximum atomic E-state index is 13.7. The minimum atomic E-state index is -1.27. The van der Waals surface area contributed by atoms with Gasteiger partial charge in [-0.05, 0) is 85.4 Å². The lowest BCUT2D eigenvalue weighted by atomic mass is 9.41. The van der Waals surface area contributed by atoms with Crippen LogP contribution in [0.3, 0.4) is 0 Å². The summed E-state index contributed by atoms with van der Waals surface area (Å²) in [7, 11) is -1.13. The van der Waals surface area contributed by atoms with Crippen molar-refractivity contribution in [3.63, 3.8) is 0 Å². The number of aliphatic hydroxyl groups is 1. The topological polar surface area (TPSA) is 113 Å². The second-order valence-corrected chi connectivity index (χ2v) is 13.8. The molecule has 1 aliphatic heterocycles. The van der Waals surface area contributed by atoms with Crippen LogP contribution in [0.25, 0.3) is 0 Å². The number of ether oxygens (including phenoxy) is 1. The molecule has 3 saturated carbocycles. The van der Waals surface area contributed by atoms with E-state index >= 15 is 0 Å². The van der Waals surface area contributed by atoms with Crippen LogP contribution in [0.4, 0.5) is 0 Å². The lowest BCUT2D eigenvalue weighted by Crippen LogP contribution is -2.63. The highest BCUT2D eigenvalue weighted by molar-refractivity contribution is 6.62. The van der Waals surface area contributed by atoms with E-state index in [1.54, 1.807) is 18.2 Å². The average Bonchev–Trinajstić information content (AvgIpc) is 3.35. The van der Waals surface area contributed by atoms with E-state index in [4.69, 9.17) is 9.39 Å². The predicted octanol–water partition coefficient (Wildman–Crippen LogP) is 4.08. The fourth-order valence-corrected chi connectivity index (χ4v) is 9.14. The first-order valence-electron chi connectivity index (χ1n) is 14.4. The summed E-state index contributed by atoms with van der Waals surface area (Å²) in [5.74, 6) is -1.57. The van der Waals surface area contributed by atoms with Crippen molar-refractivity contribution in [2.75, 3.05) is 0 Å². The largest absolute Gasteiger partial charge is 0.492 e. The molecule has 8 heteroatoms. The van der Waals surface area contributed by atoms with Gasteiger partial charge in [-0.15, -0.1) is 6.58 Å². The first-order chi connectivity index (χ1) is 18.1. The van der Waals surface area contributed by atoms with Gasteiger partial charge in [0, 0.05) is 23.7 Å². The molecule has 9 atom stereocenters. The highest BCUT2D eigenvalue weighted by Crippen LogP contribution is 2.69. The zero-order valence-corrected chi connectivity index (χ0v) is 24.1. The molecular weight excluding hydrogens is 495 g/mol. The van der Waals surface area contributed by atoms with Crippen LogP contribution in [-0.2, 0) is 19.8 Å². The molecule has 0 radical (unpaired) electrons. The second-order valence-electron chi connectivity index (χ2n) is 13.8. The third kappa shape index (κ3) is 3.96. The van der Waals surface area contributed by atoms with Gasteiger partial charge in [-0.2, -0.15) is 0 Å². The Kier molecular flexibility index (Phi) is 6.68. The number of aliphatic carboxylic acids is 1. The van der Waals surface area contributed by atoms with Crippen LogP contribution in [0.5, 0.6) is 5.75 Å². The molecule has 1 unspecified atom stereocenters. The van der Waals surface area contributed by atoms with Crippen molar-refractivity contribution in [3.05, 3.63) is 36.4 Å². The standard InChI is InChI=1S/C31H43BO7/c1-8-29(6)16-21(24(27(35)36)38-19-9-10-20-22(15-19)32(37)39-28(20,4)5)30(7)17(2)11-13-31(18(3)26(29)34)14-12-23(33)25(30)31/h8-10,15,17-18,21,24-26,34,37H,1,11-14,16H2,2-7H3,(H,35,36)/t17-,18+,21+,24?,25+,26+,29-,30-,31+/m1/s1. The summed E-state index contributed by atoms with van der Waals surface area (Å²) in [5, 5.41) is 33.0. The van der Waals surface area contributed by atoms with Crippen LogP contribution >= 0.6 is 0 Å². The fourth-order valence-electron chi connectivity index (χ4n) is 9.14. The van der Waals surface area contributed by atoms with Gasteiger partial charge < -0.3 is 24.6 Å². The molecule has 5 rings (SSSR count). The van der Waals surface area contributed by atoms with E-state index in [0.29, 0.717) is 30.5 Å². The van der Waals surface area contributed by atoms with Gasteiger partial charge in [-0.1, -0.05) is 39.8 Å². The summed E-state index contributed by atoms with van der Waals surface area (Å²) in [6, 6.07) is 5.20. The van der Waals surface area contributed by atoms with Crippen LogP contribution in [0.1, 0.15) is 79.2 Å². The lowest BCUT2D eigenvalue weighted by Gasteiger charge is -2.63. The molecule has 0 spiro atoms. The zero-order valence-electron chi connectivity index (χ0n) is 24.1. The Morgan fingerprint density at radius 2 is 1.92 bits per heavy atom. The average molecular weight is 538 g/mol. The van der Waals surface area contributed by atoms with Crippen LogP contribution < -0.4 is 10.2 Å². The van der Waals surface area contributed by atoms with Gasteiger partial charge in [0.05, 0.1) is 11.7 Å². The molecule has 0 aromatic heterocycles. The van der Waals surface area contributed by atoms with Gasteiger partial charge in [0.15, 0.2) is 6.10 Å². The van der Waals surface area contributed by atoms with Crippen LogP contribution in [0.15, 0.2) is 30.9 Å². The molecule has 1 aromatic carbocycles. The zero-order chi connectivity index (χ0) is 28.7. The maximum absolute atomic E-state index is 13.7. The van der Waals surface area contributed by atoms with Gasteiger partial charge in [-0.3, -0.25) is 4.79 Å². The molecule has 3 N–H and O–H groups in total. The Morgan fingerprint density at radius 1 is 1.23 bits per heavy atom. The summed E-state index contributed by atoms with van der Waals surface area (Å²) in [6.07, 6.45) is 2.93. The van der Waals surface area contributed by atoms with Crippen molar-refractivity contribution < 1.29 is 34.2 Å². The quantitative estimate of drug-likeness (QED) is 0.383. The highest BCUT2D eigenvalue weighted by Gasteiger charge is 2.69. The van der Waals surface area contributed by atoms with E-state index in [0.717, 1.165) is 18.4 Å². The van der Waals surface area contributed by atoms with Gasteiger partial charge >= 0.3 is 13.1 Å². The van der Waals surface area contributed by atoms with Crippen molar-refractivity contribution in [3.8, 4) is 5.75 Å². The number of carboxylic acid groups (broad SMARTS) is 1. The minimum Gasteiger partial charge on any atom is -0.478 e. The van der Waals surface area contributed by atoms with Gasteiger partial charge in [0.2, 0.25) is 0 Å². The summed E-state index contributed by atoms with van der Waals surface area (Å²) < 4.78 is 12.0. The second kappa shape index (κ2) is 9.18. The summed E-state index contributed by atoms with van der Waals surface area (Å²) >= 11 is 0. The third-order valence-electron chi connectivity index (χ3n) is 11.7. The number of rotatable bonds is 5. The number of aliphatic hydroxyl groups excluding tert-OH is 1. The van der Waals surface area contributed by atoms with E-state index in [1.807, 2.05) is 26.8 Å². The SMILES string of the molecule is C=C[C@]1(C)C[C@@H](C(Oc2ccc3c(c2)B(O)OC3(C)C)C(=O)O)[C@@]2(C)[C@H](C)CC[C@]3(CCC(=O)[C@H]32)[C@@H](C)[C@@H]1O. The lowest BCUT2D eigenvalue weighted by molar-refractivity contribution is -0.193. The number of carbonyl (C=O) groups is 2. The van der Waals surface area contributed by atoms with E-state index in [2.05, 4.69) is 27.4 Å². The summed E-state index contributed by atoms with van der Waals surface area (Å²) in [6.45, 7) is 16.1. The Bertz CT molecular complexity index is 1200. The molecule has 3 aliphatic carbocycles. The molecule has 39 heavy (non-hydrogen) atoms. The monoisotopic (exact) mass is 538 g/mol. The minimum absolute atomic E-state index is 0.0840. The van der Waals surface area contributed by atoms with E-state index in [9.17, 15) is 24.8 Å². The number of fused-ring (bicyclic) bond motifs is 1. The van der Waals surface area contributed by atoms with Crippen molar-refractivity contribution in [1.29, 1.82) is 0 Å². The van der Waals surface area contributed by atoms with Crippen molar-refractivity contribution in [2.45, 2.75) is 91.5 Å². The molecule has 1 heterocycles. The molecule has 0 amide bonds. The molecular formula is C31H43BO7. The van der Waals surface area contributed by atoms with Gasteiger partial charge in [-0.25, -0.2) is 4.79 Å².